The van der Waals surface area contributed by atoms with Gasteiger partial charge in [0.15, 0.2) is 11.7 Å². The molecule has 2 aromatic carbocycles. The number of guanidine groups is 1. The lowest BCUT2D eigenvalue weighted by molar-refractivity contribution is -0.128. The van der Waals surface area contributed by atoms with E-state index in [0.717, 1.165) is 0 Å². The fraction of sp³-hybridized carbons (Fsp3) is 0.414. The number of anilines is 2. The van der Waals surface area contributed by atoms with Crippen molar-refractivity contribution >= 4 is 46.5 Å². The first-order chi connectivity index (χ1) is 19.5. The van der Waals surface area contributed by atoms with Crippen LogP contribution in [0.3, 0.4) is 0 Å². The number of unbranched alkanes of at least 4 members (excludes halogenated alkanes) is 1. The number of carbonyl (C=O) groups excluding carboxylic acids is 4. The van der Waals surface area contributed by atoms with E-state index in [9.17, 15) is 19.2 Å². The van der Waals surface area contributed by atoms with Gasteiger partial charge >= 0.3 is 0 Å². The van der Waals surface area contributed by atoms with Crippen molar-refractivity contribution in [2.45, 2.75) is 58.5 Å². The van der Waals surface area contributed by atoms with Crippen LogP contribution in [0.5, 0.6) is 0 Å². The zero-order valence-corrected chi connectivity index (χ0v) is 23.5. The number of carbonyl (C=O) groups is 4. The summed E-state index contributed by atoms with van der Waals surface area (Å²) in [6.45, 7) is 4.47. The summed E-state index contributed by atoms with van der Waals surface area (Å²) in [5.74, 6) is -2.76. The zero-order chi connectivity index (χ0) is 30.1. The van der Waals surface area contributed by atoms with Crippen molar-refractivity contribution in [2.75, 3.05) is 17.2 Å². The van der Waals surface area contributed by atoms with Crippen molar-refractivity contribution in [3.8, 4) is 0 Å². The van der Waals surface area contributed by atoms with Crippen LogP contribution < -0.4 is 38.9 Å². The Kier molecular flexibility index (Phi) is 10.8. The van der Waals surface area contributed by atoms with Crippen molar-refractivity contribution in [3.05, 3.63) is 53.1 Å². The number of ketones is 1. The van der Waals surface area contributed by atoms with E-state index in [1.807, 2.05) is 13.8 Å². The minimum Gasteiger partial charge on any atom is -0.380 e. The molecule has 2 aromatic rings. The quantitative estimate of drug-likeness (QED) is 0.142. The molecule has 12 nitrogen and oxygen atoms in total. The van der Waals surface area contributed by atoms with Gasteiger partial charge in [0.25, 0.3) is 5.91 Å². The number of rotatable bonds is 8. The van der Waals surface area contributed by atoms with Gasteiger partial charge < -0.3 is 38.9 Å². The normalized spacial score (nSPS) is 18.5. The molecule has 0 fully saturated rings. The van der Waals surface area contributed by atoms with Crippen LogP contribution in [0.4, 0.5) is 17.1 Å². The average molecular weight is 565 g/mol. The van der Waals surface area contributed by atoms with Crippen LogP contribution in [0.2, 0.25) is 0 Å². The molecule has 0 bridgehead atoms. The van der Waals surface area contributed by atoms with Gasteiger partial charge in [0.2, 0.25) is 11.8 Å². The molecule has 41 heavy (non-hydrogen) atoms. The van der Waals surface area contributed by atoms with Gasteiger partial charge in [0, 0.05) is 35.8 Å². The molecule has 0 aromatic heterocycles. The second kappa shape index (κ2) is 14.3. The number of primary amides is 1. The Morgan fingerprint density at radius 1 is 1.05 bits per heavy atom. The number of benzene rings is 2. The maximum Gasteiger partial charge on any atom is 0.254 e. The van der Waals surface area contributed by atoms with Crippen LogP contribution in [-0.4, -0.2) is 42.1 Å². The first kappa shape index (κ1) is 31.1. The van der Waals surface area contributed by atoms with Gasteiger partial charge in [-0.1, -0.05) is 32.8 Å². The zero-order valence-electron chi connectivity index (χ0n) is 23.5. The molecule has 0 unspecified atom stereocenters. The SMILES string of the molecule is CC[C@H](C)[C@@H]1NC(=O)c2cc(N=C(N)N)ccc2NCc2ccc(C(N)=O)cc2NC(=O)[C@H](CCCCN)CC1=O. The van der Waals surface area contributed by atoms with Gasteiger partial charge in [-0.2, -0.15) is 0 Å². The molecule has 1 aliphatic rings. The molecular formula is C29H40N8O4. The number of amides is 3. The van der Waals surface area contributed by atoms with Crippen molar-refractivity contribution in [3.63, 3.8) is 0 Å². The van der Waals surface area contributed by atoms with Gasteiger partial charge in [-0.25, -0.2) is 4.99 Å². The van der Waals surface area contributed by atoms with Crippen LogP contribution in [0.1, 0.15) is 72.2 Å². The van der Waals surface area contributed by atoms with E-state index in [-0.39, 0.29) is 47.7 Å². The second-order valence-electron chi connectivity index (χ2n) is 10.3. The van der Waals surface area contributed by atoms with Crippen molar-refractivity contribution in [1.82, 2.24) is 5.32 Å². The molecule has 1 aliphatic heterocycles. The van der Waals surface area contributed by atoms with E-state index in [1.54, 1.807) is 24.3 Å². The molecule has 1 heterocycles. The summed E-state index contributed by atoms with van der Waals surface area (Å²) in [6, 6.07) is 8.77. The van der Waals surface area contributed by atoms with Gasteiger partial charge in [0.05, 0.1) is 17.3 Å². The minimum atomic E-state index is -0.825. The van der Waals surface area contributed by atoms with Gasteiger partial charge in [-0.05, 0) is 61.2 Å². The van der Waals surface area contributed by atoms with E-state index >= 15 is 0 Å². The first-order valence-corrected chi connectivity index (χ1v) is 13.8. The van der Waals surface area contributed by atoms with Crippen LogP contribution in [0, 0.1) is 11.8 Å². The standard InChI is InChI=1S/C29H40N8O4/c1-3-16(2)25-24(38)13-18(6-4-5-11-30)27(40)36-23-12-17(26(31)39)7-8-19(23)15-34-22-10-9-20(35-29(32)33)14-21(22)28(41)37-25/h7-10,12,14,16,18,25,34H,3-6,11,13,15,30H2,1-2H3,(H2,31,39)(H,36,40)(H,37,41)(H4,32,33,35)/t16-,18+,25-/m0/s1. The Balaban J connectivity index is 2.13. The van der Waals surface area contributed by atoms with Crippen LogP contribution in [0.15, 0.2) is 41.4 Å². The van der Waals surface area contributed by atoms with Crippen LogP contribution in [0.25, 0.3) is 0 Å². The fourth-order valence-electron chi connectivity index (χ4n) is 4.74. The van der Waals surface area contributed by atoms with E-state index in [1.165, 1.54) is 12.1 Å². The van der Waals surface area contributed by atoms with Crippen LogP contribution in [-0.2, 0) is 16.1 Å². The predicted octanol–water partition coefficient (Wildman–Crippen LogP) is 2.10. The highest BCUT2D eigenvalue weighted by Crippen LogP contribution is 2.28. The summed E-state index contributed by atoms with van der Waals surface area (Å²) in [5, 5.41) is 9.06. The van der Waals surface area contributed by atoms with E-state index < -0.39 is 23.8 Å². The first-order valence-electron chi connectivity index (χ1n) is 13.8. The monoisotopic (exact) mass is 564 g/mol. The Labute approximate surface area is 239 Å². The Hall–Kier alpha value is -4.45. The molecule has 3 atom stereocenters. The lowest BCUT2D eigenvalue weighted by Gasteiger charge is -2.27. The number of nitrogens with one attached hydrogen (secondary N) is 3. The van der Waals surface area contributed by atoms with Gasteiger partial charge in [-0.15, -0.1) is 0 Å². The summed E-state index contributed by atoms with van der Waals surface area (Å²) >= 11 is 0. The third-order valence-electron chi connectivity index (χ3n) is 7.30. The Morgan fingerprint density at radius 2 is 1.80 bits per heavy atom. The predicted molar refractivity (Wildman–Crippen MR) is 160 cm³/mol. The number of fused-ring (bicyclic) bond motifs is 2. The number of Topliss-reactive ketones (excluding diaryl/α,β-unsaturated/α-hetero) is 1. The van der Waals surface area contributed by atoms with E-state index in [2.05, 4.69) is 20.9 Å². The molecule has 3 rings (SSSR count). The number of nitrogens with two attached hydrogens (primary N) is 4. The molecule has 12 heteroatoms. The molecule has 11 N–H and O–H groups in total. The van der Waals surface area contributed by atoms with Gasteiger partial charge in [-0.3, -0.25) is 19.2 Å². The summed E-state index contributed by atoms with van der Waals surface area (Å²) in [6.07, 6.45) is 2.34. The lowest BCUT2D eigenvalue weighted by atomic mass is 9.87. The van der Waals surface area contributed by atoms with Crippen LogP contribution >= 0.6 is 0 Å². The summed E-state index contributed by atoms with van der Waals surface area (Å²) < 4.78 is 0. The smallest absolute Gasteiger partial charge is 0.254 e. The minimum absolute atomic E-state index is 0.0737. The molecule has 0 saturated carbocycles. The van der Waals surface area contributed by atoms with Crippen molar-refractivity contribution < 1.29 is 19.2 Å². The highest BCUT2D eigenvalue weighted by molar-refractivity contribution is 6.04. The summed E-state index contributed by atoms with van der Waals surface area (Å²) in [7, 11) is 0. The fourth-order valence-corrected chi connectivity index (χ4v) is 4.74. The highest BCUT2D eigenvalue weighted by Gasteiger charge is 2.31. The molecule has 3 amide bonds. The molecule has 220 valence electrons. The lowest BCUT2D eigenvalue weighted by Crippen LogP contribution is -2.46. The third kappa shape index (κ3) is 8.27. The molecule has 0 aliphatic carbocycles. The maximum atomic E-state index is 13.7. The number of aliphatic imine (C=N–C) groups is 1. The molecule has 0 spiro atoms. The maximum absolute atomic E-state index is 13.7. The topological polar surface area (TPSA) is 221 Å². The van der Waals surface area contributed by atoms with E-state index in [0.29, 0.717) is 54.9 Å². The number of nitrogens with zero attached hydrogens (tertiary/aromatic N) is 1. The largest absolute Gasteiger partial charge is 0.380 e. The second-order valence-corrected chi connectivity index (χ2v) is 10.3. The van der Waals surface area contributed by atoms with Crippen molar-refractivity contribution in [2.24, 2.45) is 39.8 Å². The Bertz CT molecular complexity index is 1320. The summed E-state index contributed by atoms with van der Waals surface area (Å²) in [4.78, 5) is 56.9. The number of hydrogen-bond donors (Lipinski definition) is 7. The summed E-state index contributed by atoms with van der Waals surface area (Å²) in [5.41, 5.74) is 24.6. The molecular weight excluding hydrogens is 524 g/mol. The van der Waals surface area contributed by atoms with Crippen molar-refractivity contribution in [1.29, 1.82) is 0 Å². The number of hydrogen-bond acceptors (Lipinski definition) is 7. The van der Waals surface area contributed by atoms with E-state index in [4.69, 9.17) is 22.9 Å². The Morgan fingerprint density at radius 3 is 2.46 bits per heavy atom. The molecule has 0 saturated heterocycles. The highest BCUT2D eigenvalue weighted by atomic mass is 16.2. The molecule has 0 radical (unpaired) electrons. The third-order valence-corrected chi connectivity index (χ3v) is 7.30. The van der Waals surface area contributed by atoms with Gasteiger partial charge in [0.1, 0.15) is 0 Å². The average Bonchev–Trinajstić information content (AvgIpc) is 2.93.